The van der Waals surface area contributed by atoms with Gasteiger partial charge in [0.05, 0.1) is 0 Å². The lowest BCUT2D eigenvalue weighted by atomic mass is 9.89. The zero-order valence-electron chi connectivity index (χ0n) is 6.70. The second-order valence-electron chi connectivity index (χ2n) is 2.97. The highest BCUT2D eigenvalue weighted by Crippen LogP contribution is 2.28. The second-order valence-corrected chi connectivity index (χ2v) is 2.97. The van der Waals surface area contributed by atoms with Crippen LogP contribution in [0.1, 0.15) is 12.8 Å². The summed E-state index contributed by atoms with van der Waals surface area (Å²) in [6, 6.07) is 0. The van der Waals surface area contributed by atoms with E-state index in [1.54, 1.807) is 0 Å². The normalized spacial score (nSPS) is 31.4. The molecular weight excluding hydrogens is 141 g/mol. The van der Waals surface area contributed by atoms with Crippen LogP contribution < -0.4 is 5.32 Å². The maximum absolute atomic E-state index is 13.7. The fourth-order valence-corrected chi connectivity index (χ4v) is 1.33. The van der Waals surface area contributed by atoms with Crippen molar-refractivity contribution in [2.24, 2.45) is 0 Å². The summed E-state index contributed by atoms with van der Waals surface area (Å²) in [4.78, 5) is 0. The van der Waals surface area contributed by atoms with Crippen LogP contribution in [0.3, 0.4) is 0 Å². The Kier molecular flexibility index (Phi) is 2.45. The lowest BCUT2D eigenvalue weighted by Gasteiger charge is -2.30. The van der Waals surface area contributed by atoms with Crippen molar-refractivity contribution < 1.29 is 4.39 Å². The summed E-state index contributed by atoms with van der Waals surface area (Å²) in [6.07, 6.45) is 2.96. The van der Waals surface area contributed by atoms with Gasteiger partial charge in [-0.3, -0.25) is 0 Å². The van der Waals surface area contributed by atoms with E-state index in [4.69, 9.17) is 0 Å². The van der Waals surface area contributed by atoms with Crippen molar-refractivity contribution in [1.29, 1.82) is 0 Å². The molecule has 0 amide bonds. The van der Waals surface area contributed by atoms with Crippen molar-refractivity contribution in [3.63, 3.8) is 0 Å². The predicted octanol–water partition coefficient (Wildman–Crippen LogP) is 1.82. The number of nitrogens with one attached hydrogen (secondary N) is 1. The lowest BCUT2D eigenvalue weighted by Crippen LogP contribution is -2.42. The molecule has 1 unspecified atom stereocenters. The average molecular weight is 155 g/mol. The van der Waals surface area contributed by atoms with Gasteiger partial charge in [-0.2, -0.15) is 0 Å². The van der Waals surface area contributed by atoms with Gasteiger partial charge in [0.1, 0.15) is 5.67 Å². The van der Waals surface area contributed by atoms with E-state index in [0.717, 1.165) is 13.0 Å². The molecule has 1 aliphatic heterocycles. The van der Waals surface area contributed by atoms with Crippen molar-refractivity contribution in [2.75, 3.05) is 13.1 Å². The van der Waals surface area contributed by atoms with Crippen LogP contribution >= 0.6 is 0 Å². The van der Waals surface area contributed by atoms with E-state index < -0.39 is 5.67 Å². The number of hydrogen-bond donors (Lipinski definition) is 1. The Morgan fingerprint density at radius 2 is 2.36 bits per heavy atom. The summed E-state index contributed by atoms with van der Waals surface area (Å²) in [5.74, 6) is 0. The molecule has 62 valence electrons. The van der Waals surface area contributed by atoms with E-state index in [2.05, 4.69) is 18.5 Å². The maximum atomic E-state index is 13.7. The number of allylic oxidation sites excluding steroid dienone is 1. The predicted molar refractivity (Wildman–Crippen MR) is 45.3 cm³/mol. The van der Waals surface area contributed by atoms with E-state index in [1.165, 1.54) is 6.08 Å². The van der Waals surface area contributed by atoms with Crippen molar-refractivity contribution in [3.05, 3.63) is 24.8 Å². The summed E-state index contributed by atoms with van der Waals surface area (Å²) >= 11 is 0. The molecule has 0 aromatic carbocycles. The molecule has 0 radical (unpaired) electrons. The van der Waals surface area contributed by atoms with Crippen LogP contribution in [0.4, 0.5) is 4.39 Å². The quantitative estimate of drug-likeness (QED) is 0.600. The second kappa shape index (κ2) is 3.18. The monoisotopic (exact) mass is 155 g/mol. The Morgan fingerprint density at radius 1 is 1.64 bits per heavy atom. The minimum atomic E-state index is -1.24. The zero-order valence-corrected chi connectivity index (χ0v) is 6.70. The van der Waals surface area contributed by atoms with Gasteiger partial charge in [0.25, 0.3) is 0 Å². The van der Waals surface area contributed by atoms with Crippen molar-refractivity contribution in [2.45, 2.75) is 18.5 Å². The molecule has 0 aromatic rings. The third kappa shape index (κ3) is 1.69. The first kappa shape index (κ1) is 8.47. The van der Waals surface area contributed by atoms with Crippen molar-refractivity contribution >= 4 is 0 Å². The summed E-state index contributed by atoms with van der Waals surface area (Å²) < 4.78 is 13.7. The molecule has 1 saturated heterocycles. The number of rotatable bonds is 2. The molecule has 2 heteroatoms. The van der Waals surface area contributed by atoms with E-state index in [0.29, 0.717) is 18.5 Å². The SMILES string of the molecule is C=CC(=C)C1(F)CCCNC1. The molecule has 0 spiro atoms. The first-order valence-electron chi connectivity index (χ1n) is 3.90. The molecule has 0 bridgehead atoms. The van der Waals surface area contributed by atoms with Crippen LogP contribution in [0.15, 0.2) is 24.8 Å². The first-order chi connectivity index (χ1) is 5.19. The molecule has 1 aliphatic rings. The zero-order chi connectivity index (χ0) is 8.32. The molecule has 0 aliphatic carbocycles. The summed E-state index contributed by atoms with van der Waals surface area (Å²) in [5.41, 5.74) is -0.732. The molecule has 0 aromatic heterocycles. The van der Waals surface area contributed by atoms with Gasteiger partial charge < -0.3 is 5.32 Å². The van der Waals surface area contributed by atoms with Crippen LogP contribution in [-0.4, -0.2) is 18.8 Å². The molecule has 1 rings (SSSR count). The number of hydrogen-bond acceptors (Lipinski definition) is 1. The fraction of sp³-hybridized carbons (Fsp3) is 0.556. The van der Waals surface area contributed by atoms with Gasteiger partial charge in [0.2, 0.25) is 0 Å². The van der Waals surface area contributed by atoms with Crippen LogP contribution in [-0.2, 0) is 0 Å². The van der Waals surface area contributed by atoms with Gasteiger partial charge in [-0.05, 0) is 25.0 Å². The standard InChI is InChI=1S/C9H14FN/c1-3-8(2)9(10)5-4-6-11-7-9/h3,11H,1-2,4-7H2. The van der Waals surface area contributed by atoms with Crippen LogP contribution in [0, 0.1) is 0 Å². The van der Waals surface area contributed by atoms with E-state index in [9.17, 15) is 4.39 Å². The minimum absolute atomic E-state index is 0.387. The van der Waals surface area contributed by atoms with Gasteiger partial charge in [-0.15, -0.1) is 0 Å². The van der Waals surface area contributed by atoms with Crippen LogP contribution in [0.5, 0.6) is 0 Å². The van der Waals surface area contributed by atoms with Gasteiger partial charge in [0.15, 0.2) is 0 Å². The summed E-state index contributed by atoms with van der Waals surface area (Å²) in [5, 5.41) is 3.01. The third-order valence-electron chi connectivity index (χ3n) is 2.15. The molecule has 1 heterocycles. The molecular formula is C9H14FN. The first-order valence-corrected chi connectivity index (χ1v) is 3.90. The summed E-state index contributed by atoms with van der Waals surface area (Å²) in [7, 11) is 0. The highest BCUT2D eigenvalue weighted by molar-refractivity contribution is 5.25. The molecule has 1 nitrogen and oxygen atoms in total. The van der Waals surface area contributed by atoms with Crippen molar-refractivity contribution in [3.8, 4) is 0 Å². The van der Waals surface area contributed by atoms with Gasteiger partial charge in [0, 0.05) is 6.54 Å². The number of alkyl halides is 1. The Morgan fingerprint density at radius 3 is 2.82 bits per heavy atom. The van der Waals surface area contributed by atoms with E-state index >= 15 is 0 Å². The smallest absolute Gasteiger partial charge is 0.147 e. The number of halogens is 1. The highest BCUT2D eigenvalue weighted by atomic mass is 19.1. The Labute approximate surface area is 67.0 Å². The molecule has 1 N–H and O–H groups in total. The lowest BCUT2D eigenvalue weighted by molar-refractivity contribution is 0.169. The van der Waals surface area contributed by atoms with Crippen molar-refractivity contribution in [1.82, 2.24) is 5.32 Å². The van der Waals surface area contributed by atoms with Gasteiger partial charge in [-0.1, -0.05) is 19.2 Å². The number of piperidine rings is 1. The Hall–Kier alpha value is -0.630. The highest BCUT2D eigenvalue weighted by Gasteiger charge is 2.32. The topological polar surface area (TPSA) is 12.0 Å². The largest absolute Gasteiger partial charge is 0.313 e. The minimum Gasteiger partial charge on any atom is -0.313 e. The molecule has 1 fully saturated rings. The van der Waals surface area contributed by atoms with Crippen LogP contribution in [0.25, 0.3) is 0 Å². The van der Waals surface area contributed by atoms with E-state index in [-0.39, 0.29) is 0 Å². The molecule has 0 saturated carbocycles. The average Bonchev–Trinajstić information content (AvgIpc) is 2.04. The van der Waals surface area contributed by atoms with Gasteiger partial charge >= 0.3 is 0 Å². The molecule has 11 heavy (non-hydrogen) atoms. The Balaban J connectivity index is 2.63. The van der Waals surface area contributed by atoms with Crippen LogP contribution in [0.2, 0.25) is 0 Å². The molecule has 1 atom stereocenters. The fourth-order valence-electron chi connectivity index (χ4n) is 1.33. The van der Waals surface area contributed by atoms with Gasteiger partial charge in [-0.25, -0.2) is 4.39 Å². The van der Waals surface area contributed by atoms with E-state index in [1.807, 2.05) is 0 Å². The summed E-state index contributed by atoms with van der Waals surface area (Å²) in [6.45, 7) is 8.45. The third-order valence-corrected chi connectivity index (χ3v) is 2.15. The Bertz CT molecular complexity index is 168. The maximum Gasteiger partial charge on any atom is 0.147 e.